The lowest BCUT2D eigenvalue weighted by Gasteiger charge is -2.34. The largest absolute Gasteiger partial charge is 0.495 e. The molecule has 118 valence electrons. The van der Waals surface area contributed by atoms with Crippen molar-refractivity contribution in [3.8, 4) is 5.75 Å². The monoisotopic (exact) mass is 375 g/mol. The van der Waals surface area contributed by atoms with Crippen LogP contribution in [0, 0.1) is 11.8 Å². The third-order valence-electron chi connectivity index (χ3n) is 4.43. The van der Waals surface area contributed by atoms with Gasteiger partial charge in [0.15, 0.2) is 0 Å². The first kappa shape index (κ1) is 16.8. The Morgan fingerprint density at radius 2 is 2.00 bits per heavy atom. The highest BCUT2D eigenvalue weighted by Gasteiger charge is 2.31. The van der Waals surface area contributed by atoms with Gasteiger partial charge >= 0.3 is 0 Å². The van der Waals surface area contributed by atoms with Crippen molar-refractivity contribution in [2.45, 2.75) is 44.0 Å². The number of halogens is 1. The van der Waals surface area contributed by atoms with E-state index in [1.807, 2.05) is 0 Å². The van der Waals surface area contributed by atoms with Crippen LogP contribution < -0.4 is 9.46 Å². The van der Waals surface area contributed by atoms with E-state index in [1.54, 1.807) is 18.2 Å². The normalized spacial score (nSPS) is 26.6. The summed E-state index contributed by atoms with van der Waals surface area (Å²) < 4.78 is 34.1. The minimum atomic E-state index is -3.59. The molecule has 2 rings (SSSR count). The fourth-order valence-corrected chi connectivity index (χ4v) is 4.94. The van der Waals surface area contributed by atoms with Crippen LogP contribution in [0.5, 0.6) is 5.75 Å². The molecular weight excluding hydrogens is 354 g/mol. The Morgan fingerprint density at radius 1 is 1.29 bits per heavy atom. The average Bonchev–Trinajstić information content (AvgIpc) is 2.44. The minimum absolute atomic E-state index is 0.0116. The van der Waals surface area contributed by atoms with Gasteiger partial charge in [-0.15, -0.1) is 0 Å². The first-order chi connectivity index (χ1) is 9.85. The van der Waals surface area contributed by atoms with Crippen LogP contribution in [0.4, 0.5) is 0 Å². The molecule has 1 aliphatic rings. The Balaban J connectivity index is 2.28. The SMILES string of the molecule is COc1ccc(Br)cc1S(=O)(=O)NC1CCCC(C)C1C. The van der Waals surface area contributed by atoms with Crippen molar-refractivity contribution in [3.63, 3.8) is 0 Å². The number of rotatable bonds is 4. The van der Waals surface area contributed by atoms with Crippen molar-refractivity contribution in [1.82, 2.24) is 4.72 Å². The van der Waals surface area contributed by atoms with Crippen molar-refractivity contribution in [1.29, 1.82) is 0 Å². The molecule has 1 aliphatic carbocycles. The number of hydrogen-bond acceptors (Lipinski definition) is 3. The molecule has 0 aromatic heterocycles. The molecule has 0 heterocycles. The molecule has 1 saturated carbocycles. The second kappa shape index (κ2) is 6.67. The predicted molar refractivity (Wildman–Crippen MR) is 87.0 cm³/mol. The van der Waals surface area contributed by atoms with Crippen LogP contribution in [0.3, 0.4) is 0 Å². The van der Waals surface area contributed by atoms with E-state index in [4.69, 9.17) is 4.74 Å². The van der Waals surface area contributed by atoms with Gasteiger partial charge in [0.1, 0.15) is 10.6 Å². The molecule has 0 bridgehead atoms. The minimum Gasteiger partial charge on any atom is -0.495 e. The Hall–Kier alpha value is -0.590. The van der Waals surface area contributed by atoms with Gasteiger partial charge in [-0.05, 0) is 36.5 Å². The molecular formula is C15H22BrNO3S. The lowest BCUT2D eigenvalue weighted by Crippen LogP contribution is -2.43. The van der Waals surface area contributed by atoms with Crippen LogP contribution in [0.25, 0.3) is 0 Å². The molecule has 3 unspecified atom stereocenters. The van der Waals surface area contributed by atoms with Crippen LogP contribution in [0.2, 0.25) is 0 Å². The molecule has 6 heteroatoms. The lowest BCUT2D eigenvalue weighted by atomic mass is 9.78. The zero-order chi connectivity index (χ0) is 15.6. The Kier molecular flexibility index (Phi) is 5.33. The van der Waals surface area contributed by atoms with Gasteiger partial charge in [0.2, 0.25) is 10.0 Å². The summed E-state index contributed by atoms with van der Waals surface area (Å²) in [5.74, 6) is 1.24. The maximum atomic E-state index is 12.7. The van der Waals surface area contributed by atoms with E-state index in [1.165, 1.54) is 13.5 Å². The first-order valence-electron chi connectivity index (χ1n) is 7.21. The van der Waals surface area contributed by atoms with Gasteiger partial charge in [-0.25, -0.2) is 13.1 Å². The summed E-state index contributed by atoms with van der Waals surface area (Å²) in [5.41, 5.74) is 0. The predicted octanol–water partition coefficient (Wildman–Crippen LogP) is 3.56. The third kappa shape index (κ3) is 3.79. The fourth-order valence-electron chi connectivity index (χ4n) is 2.87. The van der Waals surface area contributed by atoms with Gasteiger partial charge in [0, 0.05) is 10.5 Å². The van der Waals surface area contributed by atoms with Crippen LogP contribution >= 0.6 is 15.9 Å². The van der Waals surface area contributed by atoms with Crippen LogP contribution in [-0.2, 0) is 10.0 Å². The van der Waals surface area contributed by atoms with E-state index in [-0.39, 0.29) is 10.9 Å². The molecule has 0 amide bonds. The number of methoxy groups -OCH3 is 1. The molecule has 1 N–H and O–H groups in total. The third-order valence-corrected chi connectivity index (χ3v) is 6.43. The van der Waals surface area contributed by atoms with E-state index in [0.717, 1.165) is 12.8 Å². The number of sulfonamides is 1. The van der Waals surface area contributed by atoms with Gasteiger partial charge in [0.05, 0.1) is 7.11 Å². The van der Waals surface area contributed by atoms with Crippen molar-refractivity contribution in [2.24, 2.45) is 11.8 Å². The molecule has 0 radical (unpaired) electrons. The fraction of sp³-hybridized carbons (Fsp3) is 0.600. The number of hydrogen-bond donors (Lipinski definition) is 1. The number of nitrogens with one attached hydrogen (secondary N) is 1. The quantitative estimate of drug-likeness (QED) is 0.874. The highest BCUT2D eigenvalue weighted by atomic mass is 79.9. The smallest absolute Gasteiger partial charge is 0.244 e. The molecule has 1 aromatic carbocycles. The van der Waals surface area contributed by atoms with E-state index in [0.29, 0.717) is 22.1 Å². The summed E-state index contributed by atoms with van der Waals surface area (Å²) in [6, 6.07) is 5.00. The van der Waals surface area contributed by atoms with Crippen molar-refractivity contribution >= 4 is 26.0 Å². The Labute approximate surface area is 135 Å². The van der Waals surface area contributed by atoms with Gasteiger partial charge in [-0.2, -0.15) is 0 Å². The molecule has 0 aliphatic heterocycles. The summed E-state index contributed by atoms with van der Waals surface area (Å²) in [7, 11) is -2.11. The van der Waals surface area contributed by atoms with Crippen molar-refractivity contribution in [2.75, 3.05) is 7.11 Å². The Bertz CT molecular complexity index is 603. The molecule has 21 heavy (non-hydrogen) atoms. The lowest BCUT2D eigenvalue weighted by molar-refractivity contribution is 0.227. The van der Waals surface area contributed by atoms with Gasteiger partial charge in [0.25, 0.3) is 0 Å². The molecule has 0 spiro atoms. The highest BCUT2D eigenvalue weighted by Crippen LogP contribution is 2.32. The number of ether oxygens (including phenoxy) is 1. The number of benzene rings is 1. The first-order valence-corrected chi connectivity index (χ1v) is 9.48. The van der Waals surface area contributed by atoms with Crippen LogP contribution in [0.15, 0.2) is 27.6 Å². The zero-order valence-electron chi connectivity index (χ0n) is 12.6. The van der Waals surface area contributed by atoms with Crippen LogP contribution in [0.1, 0.15) is 33.1 Å². The molecule has 1 aromatic rings. The van der Waals surface area contributed by atoms with Gasteiger partial charge in [-0.3, -0.25) is 0 Å². The second-order valence-corrected chi connectivity index (χ2v) is 8.39. The maximum absolute atomic E-state index is 12.7. The molecule has 0 saturated heterocycles. The Morgan fingerprint density at radius 3 is 2.67 bits per heavy atom. The van der Waals surface area contributed by atoms with Crippen molar-refractivity contribution in [3.05, 3.63) is 22.7 Å². The summed E-state index contributed by atoms with van der Waals surface area (Å²) in [5, 5.41) is 0. The highest BCUT2D eigenvalue weighted by molar-refractivity contribution is 9.10. The molecule has 3 atom stereocenters. The standard InChI is InChI=1S/C15H22BrNO3S/c1-10-5-4-6-13(11(10)2)17-21(18,19)15-9-12(16)7-8-14(15)20-3/h7-11,13,17H,4-6H2,1-3H3. The topological polar surface area (TPSA) is 55.4 Å². The van der Waals surface area contributed by atoms with Gasteiger partial charge < -0.3 is 4.74 Å². The van der Waals surface area contributed by atoms with Crippen LogP contribution in [-0.4, -0.2) is 21.6 Å². The molecule has 1 fully saturated rings. The average molecular weight is 376 g/mol. The van der Waals surface area contributed by atoms with E-state index in [2.05, 4.69) is 34.5 Å². The van der Waals surface area contributed by atoms with E-state index < -0.39 is 10.0 Å². The summed E-state index contributed by atoms with van der Waals surface area (Å²) in [4.78, 5) is 0.185. The molecule has 4 nitrogen and oxygen atoms in total. The maximum Gasteiger partial charge on any atom is 0.244 e. The summed E-state index contributed by atoms with van der Waals surface area (Å²) in [6.07, 6.45) is 3.12. The second-order valence-electron chi connectivity index (χ2n) is 5.79. The zero-order valence-corrected chi connectivity index (χ0v) is 15.0. The van der Waals surface area contributed by atoms with E-state index in [9.17, 15) is 8.42 Å². The van der Waals surface area contributed by atoms with E-state index >= 15 is 0 Å². The summed E-state index contributed by atoms with van der Waals surface area (Å²) >= 11 is 3.32. The van der Waals surface area contributed by atoms with Gasteiger partial charge in [-0.1, -0.05) is 42.6 Å². The summed E-state index contributed by atoms with van der Waals surface area (Å²) in [6.45, 7) is 4.31. The van der Waals surface area contributed by atoms with Crippen molar-refractivity contribution < 1.29 is 13.2 Å².